The predicted molar refractivity (Wildman–Crippen MR) is 110 cm³/mol. The number of nitrogens with one attached hydrogen (secondary N) is 2. The molecule has 0 aliphatic rings. The molecule has 3 aromatic rings. The second-order valence-electron chi connectivity index (χ2n) is 6.38. The lowest BCUT2D eigenvalue weighted by atomic mass is 10.2. The smallest absolute Gasteiger partial charge is 0.357 e. The van der Waals surface area contributed by atoms with Crippen LogP contribution in [0.1, 0.15) is 32.3 Å². The Morgan fingerprint density at radius 3 is 2.59 bits per heavy atom. The number of ether oxygens (including phenoxy) is 1. The summed E-state index contributed by atoms with van der Waals surface area (Å²) in [5, 5.41) is 8.40. The molecule has 10 nitrogen and oxygen atoms in total. The average Bonchev–Trinajstić information content (AvgIpc) is 3.09. The molecule has 0 amide bonds. The summed E-state index contributed by atoms with van der Waals surface area (Å²) in [5.41, 5.74) is 1.87. The fourth-order valence-electron chi connectivity index (χ4n) is 2.70. The van der Waals surface area contributed by atoms with Gasteiger partial charge in [0.25, 0.3) is 0 Å². The number of anilines is 2. The van der Waals surface area contributed by atoms with E-state index in [1.165, 1.54) is 0 Å². The van der Waals surface area contributed by atoms with E-state index >= 15 is 0 Å². The third-order valence-corrected chi connectivity index (χ3v) is 4.66. The molecule has 0 atom stereocenters. The Morgan fingerprint density at radius 1 is 1.17 bits per heavy atom. The molecule has 156 valence electrons. The monoisotopic (exact) mass is 420 g/mol. The van der Waals surface area contributed by atoms with Crippen molar-refractivity contribution in [3.8, 4) is 6.01 Å². The molecule has 3 rings (SSSR count). The zero-order valence-electron chi connectivity index (χ0n) is 16.3. The van der Waals surface area contributed by atoms with E-state index in [0.29, 0.717) is 37.2 Å². The largest absolute Gasteiger partial charge is 0.463 e. The number of aromatic nitrogens is 4. The zero-order valence-corrected chi connectivity index (χ0v) is 17.1. The molecule has 0 aliphatic carbocycles. The fraction of sp³-hybridized carbons (Fsp3) is 0.389. The summed E-state index contributed by atoms with van der Waals surface area (Å²) in [7, 11) is -4.29. The highest BCUT2D eigenvalue weighted by Crippen LogP contribution is 2.24. The quantitative estimate of drug-likeness (QED) is 0.337. The van der Waals surface area contributed by atoms with Crippen molar-refractivity contribution in [3.05, 3.63) is 36.0 Å². The molecule has 0 bridgehead atoms. The van der Waals surface area contributed by atoms with Gasteiger partial charge in [0, 0.05) is 13.1 Å². The Hall–Kier alpha value is -2.92. The van der Waals surface area contributed by atoms with Gasteiger partial charge in [-0.25, -0.2) is 4.68 Å². The molecule has 2 aromatic heterocycles. The van der Waals surface area contributed by atoms with E-state index < -0.39 is 10.3 Å². The molecule has 3 N–H and O–H groups in total. The second-order valence-corrected chi connectivity index (χ2v) is 7.54. The first-order chi connectivity index (χ1) is 13.9. The van der Waals surface area contributed by atoms with Crippen LogP contribution in [0.2, 0.25) is 0 Å². The van der Waals surface area contributed by atoms with E-state index in [0.717, 1.165) is 23.8 Å². The molecule has 29 heavy (non-hydrogen) atoms. The Bertz CT molecular complexity index is 1070. The number of rotatable bonds is 10. The fourth-order valence-corrected chi connectivity index (χ4v) is 3.13. The predicted octanol–water partition coefficient (Wildman–Crippen LogP) is 2.85. The molecule has 0 aliphatic heterocycles. The Kier molecular flexibility index (Phi) is 6.49. The number of unbranched alkanes of at least 4 members (excludes halogenated alkanes) is 1. The van der Waals surface area contributed by atoms with E-state index in [1.807, 2.05) is 11.6 Å². The highest BCUT2D eigenvalue weighted by molar-refractivity contribution is 7.87. The van der Waals surface area contributed by atoms with Gasteiger partial charge in [-0.3, -0.25) is 9.27 Å². The third-order valence-electron chi connectivity index (χ3n) is 4.17. The maximum absolute atomic E-state index is 10.9. The van der Waals surface area contributed by atoms with Gasteiger partial charge in [0.1, 0.15) is 5.82 Å². The van der Waals surface area contributed by atoms with Crippen LogP contribution in [0.25, 0.3) is 11.0 Å². The summed E-state index contributed by atoms with van der Waals surface area (Å²) in [6.07, 6.45) is 3.65. The molecule has 0 fully saturated rings. The molecule has 0 unspecified atom stereocenters. The van der Waals surface area contributed by atoms with Crippen molar-refractivity contribution in [2.24, 2.45) is 0 Å². The van der Waals surface area contributed by atoms with Crippen LogP contribution in [-0.2, 0) is 23.4 Å². The molecule has 11 heteroatoms. The van der Waals surface area contributed by atoms with Crippen molar-refractivity contribution < 1.29 is 17.7 Å². The van der Waals surface area contributed by atoms with E-state index in [-0.39, 0.29) is 5.69 Å². The van der Waals surface area contributed by atoms with Gasteiger partial charge in [0.05, 0.1) is 23.9 Å². The van der Waals surface area contributed by atoms with Crippen LogP contribution in [0.15, 0.2) is 30.5 Å². The molecule has 1 aromatic carbocycles. The van der Waals surface area contributed by atoms with E-state index in [2.05, 4.69) is 27.3 Å². The van der Waals surface area contributed by atoms with Crippen LogP contribution in [-0.4, -0.2) is 39.3 Å². The number of nitrogens with zero attached hydrogens (tertiary/aromatic N) is 4. The molecule has 0 radical (unpaired) electrons. The lowest BCUT2D eigenvalue weighted by molar-refractivity contribution is 0.286. The molecular weight excluding hydrogens is 396 g/mol. The van der Waals surface area contributed by atoms with Gasteiger partial charge < -0.3 is 10.1 Å². The van der Waals surface area contributed by atoms with Crippen molar-refractivity contribution in [1.29, 1.82) is 0 Å². The van der Waals surface area contributed by atoms with Crippen molar-refractivity contribution in [2.75, 3.05) is 16.6 Å². The number of hydrogen-bond acceptors (Lipinski definition) is 7. The highest BCUT2D eigenvalue weighted by Gasteiger charge is 2.13. The summed E-state index contributed by atoms with van der Waals surface area (Å²) in [5.74, 6) is 0.612. The minimum Gasteiger partial charge on any atom is -0.463 e. The van der Waals surface area contributed by atoms with Crippen molar-refractivity contribution >= 4 is 32.8 Å². The summed E-state index contributed by atoms with van der Waals surface area (Å²) in [4.78, 5) is 8.96. The van der Waals surface area contributed by atoms with Crippen molar-refractivity contribution in [2.45, 2.75) is 39.8 Å². The van der Waals surface area contributed by atoms with E-state index in [1.54, 1.807) is 35.1 Å². The maximum atomic E-state index is 10.9. The summed E-state index contributed by atoms with van der Waals surface area (Å²) >= 11 is 0. The first-order valence-electron chi connectivity index (χ1n) is 9.34. The van der Waals surface area contributed by atoms with Gasteiger partial charge in [-0.05, 0) is 31.0 Å². The second kappa shape index (κ2) is 9.05. The molecule has 0 spiro atoms. The number of benzene rings is 1. The molecule has 0 saturated heterocycles. The zero-order chi connectivity index (χ0) is 20.9. The normalized spacial score (nSPS) is 11.6. The minimum absolute atomic E-state index is 0.275. The summed E-state index contributed by atoms with van der Waals surface area (Å²) < 4.78 is 40.1. The highest BCUT2D eigenvalue weighted by atomic mass is 32.2. The van der Waals surface area contributed by atoms with Crippen LogP contribution < -0.4 is 14.8 Å². The molecule has 2 heterocycles. The average molecular weight is 420 g/mol. The molecular formula is C18H24N6O4S. The van der Waals surface area contributed by atoms with Gasteiger partial charge in [0.2, 0.25) is 0 Å². The first-order valence-corrected chi connectivity index (χ1v) is 10.8. The third kappa shape index (κ3) is 5.55. The van der Waals surface area contributed by atoms with Gasteiger partial charge in [0.15, 0.2) is 5.65 Å². The number of aryl methyl sites for hydroxylation is 1. The Balaban J connectivity index is 1.78. The van der Waals surface area contributed by atoms with Gasteiger partial charge >= 0.3 is 16.3 Å². The lowest BCUT2D eigenvalue weighted by Gasteiger charge is -2.10. The van der Waals surface area contributed by atoms with Crippen LogP contribution in [0.3, 0.4) is 0 Å². The Morgan fingerprint density at radius 2 is 1.93 bits per heavy atom. The number of hydrogen-bond donors (Lipinski definition) is 3. The lowest BCUT2D eigenvalue weighted by Crippen LogP contribution is -2.10. The van der Waals surface area contributed by atoms with Gasteiger partial charge in [-0.15, -0.1) is 0 Å². The van der Waals surface area contributed by atoms with Crippen LogP contribution in [0.4, 0.5) is 11.5 Å². The summed E-state index contributed by atoms with van der Waals surface area (Å²) in [6, 6.07) is 6.92. The van der Waals surface area contributed by atoms with Crippen LogP contribution in [0, 0.1) is 0 Å². The van der Waals surface area contributed by atoms with Crippen LogP contribution >= 0.6 is 0 Å². The minimum atomic E-state index is -4.29. The van der Waals surface area contributed by atoms with Crippen molar-refractivity contribution in [3.63, 3.8) is 0 Å². The summed E-state index contributed by atoms with van der Waals surface area (Å²) in [6.45, 7) is 5.75. The van der Waals surface area contributed by atoms with Crippen LogP contribution in [0.5, 0.6) is 6.01 Å². The van der Waals surface area contributed by atoms with Crippen molar-refractivity contribution in [1.82, 2.24) is 19.7 Å². The first kappa shape index (κ1) is 20.8. The van der Waals surface area contributed by atoms with E-state index in [9.17, 15) is 8.42 Å². The topological polar surface area (TPSA) is 131 Å². The number of fused-ring (bicyclic) bond motifs is 1. The standard InChI is InChI=1S/C18H24N6O4S/c1-3-5-10-28-18-21-16(15-12-20-24(4-2)17(15)22-18)19-11-13-6-8-14(9-7-13)23-29(25,26)27/h6-9,12,23H,3-5,10-11H2,1-2H3,(H,19,21,22)(H,25,26,27). The SMILES string of the molecule is CCCCOc1nc(NCc2ccc(NS(=O)(=O)O)cc2)c2cnn(CC)c2n1. The maximum Gasteiger partial charge on any atom is 0.357 e. The van der Waals surface area contributed by atoms with Gasteiger partial charge in [-0.1, -0.05) is 25.5 Å². The Labute approximate surface area is 169 Å². The van der Waals surface area contributed by atoms with Gasteiger partial charge in [-0.2, -0.15) is 23.5 Å². The van der Waals surface area contributed by atoms with E-state index in [4.69, 9.17) is 9.29 Å². The molecule has 0 saturated carbocycles.